The number of halogens is 1. The first kappa shape index (κ1) is 16.9. The van der Waals surface area contributed by atoms with Crippen molar-refractivity contribution >= 4 is 27.6 Å². The summed E-state index contributed by atoms with van der Waals surface area (Å²) in [6, 6.07) is 7.80. The van der Waals surface area contributed by atoms with Crippen molar-refractivity contribution in [2.75, 3.05) is 27.2 Å². The molecule has 0 spiro atoms. The van der Waals surface area contributed by atoms with E-state index in [4.69, 9.17) is 0 Å². The Morgan fingerprint density at radius 1 is 1.25 bits per heavy atom. The maximum absolute atomic E-state index is 11.8. The average Bonchev–Trinajstić information content (AvgIpc) is 2.39. The predicted octanol–water partition coefficient (Wildman–Crippen LogP) is 2.19. The zero-order chi connectivity index (χ0) is 15.1. The number of likely N-dealkylation sites (N-methyl/N-ethyl adjacent to an activating group) is 1. The van der Waals surface area contributed by atoms with E-state index < -0.39 is 0 Å². The minimum atomic E-state index is -0.120. The van der Waals surface area contributed by atoms with Crippen LogP contribution >= 0.6 is 15.9 Å². The van der Waals surface area contributed by atoms with E-state index in [1.807, 2.05) is 24.3 Å². The van der Waals surface area contributed by atoms with Gasteiger partial charge in [-0.05, 0) is 37.6 Å². The lowest BCUT2D eigenvalue weighted by Crippen LogP contribution is -2.34. The van der Waals surface area contributed by atoms with Crippen LogP contribution in [0.1, 0.15) is 24.8 Å². The van der Waals surface area contributed by atoms with Gasteiger partial charge in [-0.15, -0.1) is 0 Å². The normalized spacial score (nSPS) is 12.0. The van der Waals surface area contributed by atoms with Gasteiger partial charge in [-0.2, -0.15) is 0 Å². The molecular weight excluding hydrogens is 320 g/mol. The molecule has 1 aromatic carbocycles. The molecule has 110 valence electrons. The molecular formula is C15H21BrN2O2. The first-order valence-electron chi connectivity index (χ1n) is 6.58. The molecule has 0 saturated carbocycles. The number of amides is 1. The molecule has 4 nitrogen and oxygen atoms in total. The first-order chi connectivity index (χ1) is 9.41. The Bertz CT molecular complexity index is 457. The molecule has 1 amide bonds. The van der Waals surface area contributed by atoms with Crippen LogP contribution in [0.5, 0.6) is 0 Å². The van der Waals surface area contributed by atoms with Gasteiger partial charge in [0.05, 0.1) is 6.54 Å². The van der Waals surface area contributed by atoms with E-state index >= 15 is 0 Å². The fraction of sp³-hybridized carbons (Fsp3) is 0.467. The molecule has 0 radical (unpaired) electrons. The molecule has 0 unspecified atom stereocenters. The molecule has 0 fully saturated rings. The predicted molar refractivity (Wildman–Crippen MR) is 83.7 cm³/mol. The Balaban J connectivity index is 2.50. The second-order valence-electron chi connectivity index (χ2n) is 4.97. The maximum atomic E-state index is 11.8. The van der Waals surface area contributed by atoms with Crippen LogP contribution < -0.4 is 5.32 Å². The fourth-order valence-corrected chi connectivity index (χ4v) is 2.16. The van der Waals surface area contributed by atoms with Gasteiger partial charge >= 0.3 is 0 Å². The van der Waals surface area contributed by atoms with Crippen molar-refractivity contribution in [2.24, 2.45) is 0 Å². The highest BCUT2D eigenvalue weighted by atomic mass is 79.9. The van der Waals surface area contributed by atoms with Gasteiger partial charge in [0.2, 0.25) is 5.91 Å². The zero-order valence-electron chi connectivity index (χ0n) is 12.1. The highest BCUT2D eigenvalue weighted by Gasteiger charge is 2.16. The third kappa shape index (κ3) is 5.43. The van der Waals surface area contributed by atoms with Crippen molar-refractivity contribution in [1.29, 1.82) is 0 Å². The number of carbonyl (C=O) groups is 2. The Morgan fingerprint density at radius 2 is 1.85 bits per heavy atom. The summed E-state index contributed by atoms with van der Waals surface area (Å²) in [5.41, 5.74) is 1.02. The van der Waals surface area contributed by atoms with E-state index in [0.717, 1.165) is 10.0 Å². The quantitative estimate of drug-likeness (QED) is 0.774. The molecule has 0 aliphatic rings. The van der Waals surface area contributed by atoms with Crippen LogP contribution in [0.25, 0.3) is 0 Å². The van der Waals surface area contributed by atoms with Crippen molar-refractivity contribution in [3.8, 4) is 0 Å². The van der Waals surface area contributed by atoms with Gasteiger partial charge < -0.3 is 10.2 Å². The smallest absolute Gasteiger partial charge is 0.236 e. The summed E-state index contributed by atoms with van der Waals surface area (Å²) in [7, 11) is 3.45. The molecule has 1 atom stereocenters. The first-order valence-corrected chi connectivity index (χ1v) is 7.38. The van der Waals surface area contributed by atoms with E-state index in [2.05, 4.69) is 21.2 Å². The highest BCUT2D eigenvalue weighted by Crippen LogP contribution is 2.22. The summed E-state index contributed by atoms with van der Waals surface area (Å²) >= 11 is 3.39. The Morgan fingerprint density at radius 3 is 2.35 bits per heavy atom. The van der Waals surface area contributed by atoms with Crippen LogP contribution in [0.4, 0.5) is 0 Å². The molecule has 1 N–H and O–H groups in total. The molecule has 0 heterocycles. The molecule has 5 heteroatoms. The van der Waals surface area contributed by atoms with Gasteiger partial charge in [0.1, 0.15) is 5.78 Å². The van der Waals surface area contributed by atoms with Crippen LogP contribution in [0.2, 0.25) is 0 Å². The monoisotopic (exact) mass is 340 g/mol. The zero-order valence-corrected chi connectivity index (χ0v) is 13.7. The summed E-state index contributed by atoms with van der Waals surface area (Å²) in [6.07, 6.45) is 0.692. The number of carbonyl (C=O) groups excluding carboxylic acids is 2. The van der Waals surface area contributed by atoms with Crippen molar-refractivity contribution < 1.29 is 9.59 Å². The van der Waals surface area contributed by atoms with Crippen molar-refractivity contribution in [3.63, 3.8) is 0 Å². The minimum absolute atomic E-state index is 0.0352. The van der Waals surface area contributed by atoms with E-state index in [-0.39, 0.29) is 17.6 Å². The van der Waals surface area contributed by atoms with E-state index in [0.29, 0.717) is 19.5 Å². The third-order valence-corrected chi connectivity index (χ3v) is 3.68. The van der Waals surface area contributed by atoms with Crippen LogP contribution in [0, 0.1) is 0 Å². The number of benzene rings is 1. The molecule has 1 rings (SSSR count). The Kier molecular flexibility index (Phi) is 6.88. The molecule has 0 aliphatic heterocycles. The van der Waals surface area contributed by atoms with Gasteiger partial charge in [-0.25, -0.2) is 0 Å². The molecule has 20 heavy (non-hydrogen) atoms. The second-order valence-corrected chi connectivity index (χ2v) is 5.88. The Labute approximate surface area is 128 Å². The van der Waals surface area contributed by atoms with Gasteiger partial charge in [0.15, 0.2) is 0 Å². The standard InChI is InChI=1S/C15H21BrN2O2/c1-11(19)14(12-4-6-13(16)7-5-12)8-9-17-10-15(20)18(2)3/h4-7,14,17H,8-10H2,1-3H3/t14-/m0/s1. The summed E-state index contributed by atoms with van der Waals surface area (Å²) < 4.78 is 0.998. The lowest BCUT2D eigenvalue weighted by atomic mass is 9.92. The summed E-state index contributed by atoms with van der Waals surface area (Å²) in [5, 5.41) is 3.08. The molecule has 0 aromatic heterocycles. The molecule has 0 aliphatic carbocycles. The number of nitrogens with one attached hydrogen (secondary N) is 1. The number of Topliss-reactive ketones (excluding diaryl/α,β-unsaturated/α-hetero) is 1. The fourth-order valence-electron chi connectivity index (χ4n) is 1.90. The number of hydrogen-bond donors (Lipinski definition) is 1. The van der Waals surface area contributed by atoms with Gasteiger partial charge in [0.25, 0.3) is 0 Å². The highest BCUT2D eigenvalue weighted by molar-refractivity contribution is 9.10. The van der Waals surface area contributed by atoms with Crippen LogP contribution in [-0.4, -0.2) is 43.8 Å². The topological polar surface area (TPSA) is 49.4 Å². The molecule has 1 aromatic rings. The van der Waals surface area contributed by atoms with Crippen LogP contribution in [0.15, 0.2) is 28.7 Å². The third-order valence-electron chi connectivity index (χ3n) is 3.15. The number of hydrogen-bond acceptors (Lipinski definition) is 3. The van der Waals surface area contributed by atoms with Gasteiger partial charge in [0, 0.05) is 24.5 Å². The second kappa shape index (κ2) is 8.17. The van der Waals surface area contributed by atoms with Crippen molar-refractivity contribution in [1.82, 2.24) is 10.2 Å². The van der Waals surface area contributed by atoms with E-state index in [1.165, 1.54) is 0 Å². The van der Waals surface area contributed by atoms with E-state index in [1.54, 1.807) is 25.9 Å². The minimum Gasteiger partial charge on any atom is -0.348 e. The number of nitrogens with zero attached hydrogens (tertiary/aromatic N) is 1. The Hall–Kier alpha value is -1.20. The van der Waals surface area contributed by atoms with Crippen LogP contribution in [0.3, 0.4) is 0 Å². The van der Waals surface area contributed by atoms with E-state index in [9.17, 15) is 9.59 Å². The summed E-state index contributed by atoms with van der Waals surface area (Å²) in [5.74, 6) is 0.0612. The number of ketones is 1. The van der Waals surface area contributed by atoms with Gasteiger partial charge in [-0.1, -0.05) is 28.1 Å². The van der Waals surface area contributed by atoms with Crippen molar-refractivity contribution in [3.05, 3.63) is 34.3 Å². The van der Waals surface area contributed by atoms with Gasteiger partial charge in [-0.3, -0.25) is 9.59 Å². The maximum Gasteiger partial charge on any atom is 0.236 e. The average molecular weight is 341 g/mol. The summed E-state index contributed by atoms with van der Waals surface area (Å²) in [4.78, 5) is 24.7. The lowest BCUT2D eigenvalue weighted by Gasteiger charge is -2.15. The largest absolute Gasteiger partial charge is 0.348 e. The van der Waals surface area contributed by atoms with Crippen molar-refractivity contribution in [2.45, 2.75) is 19.3 Å². The lowest BCUT2D eigenvalue weighted by molar-refractivity contribution is -0.127. The SMILES string of the molecule is CC(=O)[C@H](CCNCC(=O)N(C)C)c1ccc(Br)cc1. The molecule has 0 bridgehead atoms. The van der Waals surface area contributed by atoms with Crippen LogP contribution in [-0.2, 0) is 9.59 Å². The number of rotatable bonds is 7. The summed E-state index contributed by atoms with van der Waals surface area (Å²) in [6.45, 7) is 2.55. The molecule has 0 saturated heterocycles.